The van der Waals surface area contributed by atoms with Crippen molar-refractivity contribution in [2.24, 2.45) is 0 Å². The molecule has 0 saturated heterocycles. The van der Waals surface area contributed by atoms with Crippen molar-refractivity contribution in [1.82, 2.24) is 9.80 Å². The van der Waals surface area contributed by atoms with Crippen molar-refractivity contribution in [3.05, 3.63) is 71.8 Å². The summed E-state index contributed by atoms with van der Waals surface area (Å²) in [6.07, 6.45) is 0. The lowest BCUT2D eigenvalue weighted by atomic mass is 10.1. The van der Waals surface area contributed by atoms with Gasteiger partial charge in [0.15, 0.2) is 0 Å². The maximum absolute atomic E-state index is 9.00. The Morgan fingerprint density at radius 2 is 1.13 bits per heavy atom. The first-order valence-corrected chi connectivity index (χ1v) is 7.47. The van der Waals surface area contributed by atoms with Crippen LogP contribution in [0.1, 0.15) is 18.1 Å². The minimum atomic E-state index is -0.833. The summed E-state index contributed by atoms with van der Waals surface area (Å²) in [4.78, 5) is 13.6. The van der Waals surface area contributed by atoms with Crippen molar-refractivity contribution < 1.29 is 9.90 Å². The van der Waals surface area contributed by atoms with Crippen molar-refractivity contribution in [3.63, 3.8) is 0 Å². The molecular weight excluding hydrogens is 288 g/mol. The number of aliphatic carboxylic acids is 1. The molecule has 0 saturated carbocycles. The van der Waals surface area contributed by atoms with Crippen LogP contribution in [0.25, 0.3) is 11.4 Å². The number of nitrogens with zero attached hydrogens (tertiary/aromatic N) is 2. The first-order chi connectivity index (χ1) is 11.0. The third-order valence-electron chi connectivity index (χ3n) is 3.51. The Morgan fingerprint density at radius 1 is 0.826 bits per heavy atom. The molecule has 120 valence electrons. The lowest BCUT2D eigenvalue weighted by molar-refractivity contribution is -0.134. The molecule has 0 radical (unpaired) electrons. The molecule has 23 heavy (non-hydrogen) atoms. The predicted octanol–water partition coefficient (Wildman–Crippen LogP) is 3.44. The Kier molecular flexibility index (Phi) is 5.41. The van der Waals surface area contributed by atoms with E-state index in [1.807, 2.05) is 0 Å². The van der Waals surface area contributed by atoms with Gasteiger partial charge in [-0.2, -0.15) is 0 Å². The predicted molar refractivity (Wildman–Crippen MR) is 93.4 cm³/mol. The van der Waals surface area contributed by atoms with E-state index < -0.39 is 5.97 Å². The Labute approximate surface area is 137 Å². The number of hydrogen-bond acceptors (Lipinski definition) is 3. The number of rotatable bonds is 2. The minimum Gasteiger partial charge on any atom is -0.481 e. The van der Waals surface area contributed by atoms with Crippen LogP contribution < -0.4 is 0 Å². The van der Waals surface area contributed by atoms with Gasteiger partial charge in [-0.05, 0) is 11.1 Å². The molecule has 4 heteroatoms. The Morgan fingerprint density at radius 3 is 1.43 bits per heavy atom. The van der Waals surface area contributed by atoms with Crippen molar-refractivity contribution >= 4 is 17.4 Å². The number of benzene rings is 2. The zero-order valence-electron chi connectivity index (χ0n) is 13.7. The van der Waals surface area contributed by atoms with Gasteiger partial charge >= 0.3 is 0 Å². The van der Waals surface area contributed by atoms with Crippen LogP contribution in [0.5, 0.6) is 0 Å². The number of carboxylic acid groups (broad SMARTS) is 1. The number of hydrogen-bond donors (Lipinski definition) is 1. The fourth-order valence-electron chi connectivity index (χ4n) is 2.73. The molecule has 0 unspecified atom stereocenters. The highest BCUT2D eigenvalue weighted by molar-refractivity contribution is 5.90. The molecule has 2 aromatic carbocycles. The second-order valence-electron chi connectivity index (χ2n) is 5.49. The van der Waals surface area contributed by atoms with E-state index in [4.69, 9.17) is 9.90 Å². The normalized spacial score (nSPS) is 13.7. The molecule has 2 aromatic rings. The van der Waals surface area contributed by atoms with Crippen LogP contribution in [0.3, 0.4) is 0 Å². The van der Waals surface area contributed by atoms with E-state index in [1.165, 1.54) is 22.5 Å². The fourth-order valence-corrected chi connectivity index (χ4v) is 2.73. The van der Waals surface area contributed by atoms with Gasteiger partial charge in [-0.15, -0.1) is 0 Å². The number of carboxylic acids is 1. The topological polar surface area (TPSA) is 43.8 Å². The Hall–Kier alpha value is -2.75. The fraction of sp³-hybridized carbons (Fsp3) is 0.211. The molecule has 0 atom stereocenters. The van der Waals surface area contributed by atoms with Crippen LogP contribution in [0.2, 0.25) is 0 Å². The van der Waals surface area contributed by atoms with Gasteiger partial charge in [-0.3, -0.25) is 4.79 Å². The van der Waals surface area contributed by atoms with E-state index in [9.17, 15) is 0 Å². The highest BCUT2D eigenvalue weighted by Crippen LogP contribution is 2.35. The third kappa shape index (κ3) is 4.13. The van der Waals surface area contributed by atoms with Crippen molar-refractivity contribution in [1.29, 1.82) is 0 Å². The summed E-state index contributed by atoms with van der Waals surface area (Å²) in [6, 6.07) is 21.2. The summed E-state index contributed by atoms with van der Waals surface area (Å²) in [5, 5.41) is 7.42. The van der Waals surface area contributed by atoms with E-state index in [-0.39, 0.29) is 0 Å². The first kappa shape index (κ1) is 16.6. The van der Waals surface area contributed by atoms with Crippen molar-refractivity contribution in [2.75, 3.05) is 20.8 Å². The molecule has 1 aliphatic rings. The van der Waals surface area contributed by atoms with E-state index in [1.54, 1.807) is 0 Å². The average Bonchev–Trinajstić information content (AvgIpc) is 2.83. The van der Waals surface area contributed by atoms with E-state index in [0.717, 1.165) is 13.6 Å². The van der Waals surface area contributed by atoms with E-state index in [2.05, 4.69) is 84.6 Å². The van der Waals surface area contributed by atoms with Gasteiger partial charge in [0.2, 0.25) is 0 Å². The molecule has 0 aromatic heterocycles. The summed E-state index contributed by atoms with van der Waals surface area (Å²) in [5.41, 5.74) is 5.14. The Balaban J connectivity index is 0.000000433. The zero-order chi connectivity index (χ0) is 16.8. The Bertz CT molecular complexity index is 624. The van der Waals surface area contributed by atoms with Crippen molar-refractivity contribution in [2.45, 2.75) is 6.92 Å². The van der Waals surface area contributed by atoms with Crippen LogP contribution in [-0.4, -0.2) is 41.6 Å². The largest absolute Gasteiger partial charge is 0.481 e. The summed E-state index contributed by atoms with van der Waals surface area (Å²) in [6.45, 7) is 2.01. The molecule has 3 rings (SSSR count). The molecule has 4 nitrogen and oxygen atoms in total. The maximum Gasteiger partial charge on any atom is 0.300 e. The molecule has 0 fully saturated rings. The summed E-state index contributed by atoms with van der Waals surface area (Å²) >= 11 is 0. The second-order valence-corrected chi connectivity index (χ2v) is 5.49. The van der Waals surface area contributed by atoms with Crippen molar-refractivity contribution in [3.8, 4) is 0 Å². The zero-order valence-corrected chi connectivity index (χ0v) is 13.7. The third-order valence-corrected chi connectivity index (χ3v) is 3.51. The molecule has 0 spiro atoms. The second kappa shape index (κ2) is 7.49. The van der Waals surface area contributed by atoms with Gasteiger partial charge in [0.05, 0.1) is 18.1 Å². The summed E-state index contributed by atoms with van der Waals surface area (Å²) in [5.74, 6) is -0.833. The maximum atomic E-state index is 9.00. The van der Waals surface area contributed by atoms with Crippen LogP contribution in [0, 0.1) is 0 Å². The van der Waals surface area contributed by atoms with Gasteiger partial charge in [-0.25, -0.2) is 0 Å². The van der Waals surface area contributed by atoms with Crippen LogP contribution >= 0.6 is 0 Å². The van der Waals surface area contributed by atoms with E-state index in [0.29, 0.717) is 0 Å². The molecule has 1 heterocycles. The smallest absolute Gasteiger partial charge is 0.300 e. The minimum absolute atomic E-state index is 0.833. The summed E-state index contributed by atoms with van der Waals surface area (Å²) in [7, 11) is 4.30. The first-order valence-electron chi connectivity index (χ1n) is 7.47. The molecule has 0 amide bonds. The monoisotopic (exact) mass is 310 g/mol. The molecule has 1 aliphatic heterocycles. The standard InChI is InChI=1S/C17H18N2.C2H4O2/c1-18-13-19(2)17(15-11-7-4-8-12-15)16(18)14-9-5-3-6-10-14;1-2(3)4/h3-12H,13H2,1-2H3;1H3,(H,3,4). The van der Waals surface area contributed by atoms with E-state index >= 15 is 0 Å². The van der Waals surface area contributed by atoms with Gasteiger partial charge in [0, 0.05) is 21.0 Å². The SMILES string of the molecule is CC(=O)O.CN1CN(C)C(c2ccccc2)=C1c1ccccc1. The van der Waals surface area contributed by atoms with Crippen LogP contribution in [0.4, 0.5) is 0 Å². The molecular formula is C19H22N2O2. The highest BCUT2D eigenvalue weighted by atomic mass is 16.4. The average molecular weight is 310 g/mol. The van der Waals surface area contributed by atoms with Gasteiger partial charge in [0.25, 0.3) is 5.97 Å². The lowest BCUT2D eigenvalue weighted by Crippen LogP contribution is -2.20. The number of carbonyl (C=O) groups is 1. The quantitative estimate of drug-likeness (QED) is 0.923. The molecule has 0 bridgehead atoms. The molecule has 1 N–H and O–H groups in total. The lowest BCUT2D eigenvalue weighted by Gasteiger charge is -2.16. The van der Waals surface area contributed by atoms with Gasteiger partial charge < -0.3 is 14.9 Å². The van der Waals surface area contributed by atoms with Crippen LogP contribution in [-0.2, 0) is 4.79 Å². The van der Waals surface area contributed by atoms with Gasteiger partial charge in [-0.1, -0.05) is 60.7 Å². The highest BCUT2D eigenvalue weighted by Gasteiger charge is 2.25. The van der Waals surface area contributed by atoms with Gasteiger partial charge in [0.1, 0.15) is 0 Å². The van der Waals surface area contributed by atoms with Crippen LogP contribution in [0.15, 0.2) is 60.7 Å². The summed E-state index contributed by atoms with van der Waals surface area (Å²) < 4.78 is 0. The molecule has 0 aliphatic carbocycles.